The number of carbonyl (C=O) groups excluding carboxylic acids is 2. The lowest BCUT2D eigenvalue weighted by Gasteiger charge is -2.32. The molecule has 1 fully saturated rings. The van der Waals surface area contributed by atoms with Gasteiger partial charge in [0, 0.05) is 36.8 Å². The van der Waals surface area contributed by atoms with E-state index in [1.165, 1.54) is 17.3 Å². The first-order valence-corrected chi connectivity index (χ1v) is 11.1. The predicted molar refractivity (Wildman–Crippen MR) is 115 cm³/mol. The minimum atomic E-state index is -0.202. The minimum Gasteiger partial charge on any atom is -0.360 e. The molecule has 0 radical (unpaired) electrons. The van der Waals surface area contributed by atoms with Crippen molar-refractivity contribution in [3.8, 4) is 0 Å². The number of aryl methyl sites for hydroxylation is 1. The van der Waals surface area contributed by atoms with Crippen molar-refractivity contribution in [1.29, 1.82) is 0 Å². The zero-order chi connectivity index (χ0) is 20.6. The van der Waals surface area contributed by atoms with Crippen molar-refractivity contribution >= 4 is 41.0 Å². The van der Waals surface area contributed by atoms with Gasteiger partial charge in [-0.05, 0) is 37.5 Å². The molecule has 7 nitrogen and oxygen atoms in total. The molecule has 3 rings (SSSR count). The molecule has 156 valence electrons. The number of anilines is 1. The van der Waals surface area contributed by atoms with E-state index in [1.54, 1.807) is 13.0 Å². The summed E-state index contributed by atoms with van der Waals surface area (Å²) in [4.78, 5) is 26.4. The number of nitrogens with one attached hydrogen (secondary N) is 2. The molecule has 2 N–H and O–H groups in total. The normalized spacial score (nSPS) is 15.2. The maximum absolute atomic E-state index is 12.1. The van der Waals surface area contributed by atoms with Crippen LogP contribution in [0.25, 0.3) is 0 Å². The summed E-state index contributed by atoms with van der Waals surface area (Å²) >= 11 is 7.21. The molecular weight excluding hydrogens is 412 g/mol. The van der Waals surface area contributed by atoms with Gasteiger partial charge in [0.05, 0.1) is 11.5 Å². The molecular formula is C20H25ClN4O3S. The third-order valence-electron chi connectivity index (χ3n) is 4.63. The van der Waals surface area contributed by atoms with E-state index in [-0.39, 0.29) is 29.4 Å². The van der Waals surface area contributed by atoms with Crippen LogP contribution in [0.3, 0.4) is 0 Å². The summed E-state index contributed by atoms with van der Waals surface area (Å²) < 4.78 is 4.89. The maximum atomic E-state index is 12.1. The Morgan fingerprint density at radius 1 is 1.21 bits per heavy atom. The lowest BCUT2D eigenvalue weighted by molar-refractivity contribution is -0.119. The fourth-order valence-electron chi connectivity index (χ4n) is 3.19. The monoisotopic (exact) mass is 436 g/mol. The van der Waals surface area contributed by atoms with Gasteiger partial charge in [-0.3, -0.25) is 14.5 Å². The van der Waals surface area contributed by atoms with Gasteiger partial charge in [-0.25, -0.2) is 0 Å². The molecule has 0 saturated carbocycles. The zero-order valence-corrected chi connectivity index (χ0v) is 17.9. The van der Waals surface area contributed by atoms with Crippen molar-refractivity contribution in [3.05, 3.63) is 46.7 Å². The Labute approximate surface area is 179 Å². The highest BCUT2D eigenvalue weighted by molar-refractivity contribution is 8.00. The maximum Gasteiger partial charge on any atom is 0.235 e. The molecule has 9 heteroatoms. The van der Waals surface area contributed by atoms with Gasteiger partial charge in [-0.1, -0.05) is 28.9 Å². The average molecular weight is 437 g/mol. The molecule has 1 saturated heterocycles. The van der Waals surface area contributed by atoms with E-state index in [0.717, 1.165) is 37.5 Å². The smallest absolute Gasteiger partial charge is 0.235 e. The van der Waals surface area contributed by atoms with Gasteiger partial charge >= 0.3 is 0 Å². The number of thioether (sulfide) groups is 1. The number of carbonyl (C=O) groups is 2. The largest absolute Gasteiger partial charge is 0.360 e. The number of aromatic nitrogens is 1. The lowest BCUT2D eigenvalue weighted by atomic mass is 10.0. The SMILES string of the molecule is Cc1cc(NC(=O)CSCC(=O)NC2CCN(Cc3ccc(Cl)cc3)CC2)no1. The van der Waals surface area contributed by atoms with Gasteiger partial charge in [0.25, 0.3) is 0 Å². The molecule has 2 heterocycles. The first kappa shape index (κ1) is 21.7. The summed E-state index contributed by atoms with van der Waals surface area (Å²) in [7, 11) is 0. The molecule has 2 amide bonds. The Kier molecular flexibility index (Phi) is 7.97. The Bertz CT molecular complexity index is 819. The molecule has 0 spiro atoms. The summed E-state index contributed by atoms with van der Waals surface area (Å²) in [6.07, 6.45) is 1.85. The van der Waals surface area contributed by atoms with Gasteiger partial charge in [0.1, 0.15) is 5.76 Å². The molecule has 0 unspecified atom stereocenters. The standard InChI is InChI=1S/C20H25ClN4O3S/c1-14-10-18(24-28-14)23-20(27)13-29-12-19(26)22-17-6-8-25(9-7-17)11-15-2-4-16(21)5-3-15/h2-5,10,17H,6-9,11-13H2,1H3,(H,22,26)(H,23,24,27). The quantitative estimate of drug-likeness (QED) is 0.661. The van der Waals surface area contributed by atoms with Gasteiger partial charge in [-0.2, -0.15) is 0 Å². The predicted octanol–water partition coefficient (Wildman–Crippen LogP) is 3.09. The van der Waals surface area contributed by atoms with Crippen LogP contribution >= 0.6 is 23.4 Å². The fraction of sp³-hybridized carbons (Fsp3) is 0.450. The molecule has 0 atom stereocenters. The van der Waals surface area contributed by atoms with E-state index in [2.05, 4.69) is 20.7 Å². The number of piperidine rings is 1. The summed E-state index contributed by atoms with van der Waals surface area (Å²) in [6.45, 7) is 4.54. The summed E-state index contributed by atoms with van der Waals surface area (Å²) in [5.74, 6) is 1.24. The van der Waals surface area contributed by atoms with Crippen LogP contribution in [-0.2, 0) is 16.1 Å². The number of nitrogens with zero attached hydrogens (tertiary/aromatic N) is 2. The number of hydrogen-bond donors (Lipinski definition) is 2. The van der Waals surface area contributed by atoms with Crippen LogP contribution in [0.15, 0.2) is 34.9 Å². The Morgan fingerprint density at radius 3 is 2.55 bits per heavy atom. The van der Waals surface area contributed by atoms with Crippen molar-refractivity contribution in [2.75, 3.05) is 29.9 Å². The topological polar surface area (TPSA) is 87.5 Å². The van der Waals surface area contributed by atoms with E-state index in [0.29, 0.717) is 11.6 Å². The highest BCUT2D eigenvalue weighted by Gasteiger charge is 2.20. The third-order valence-corrected chi connectivity index (χ3v) is 5.82. The number of likely N-dealkylation sites (tertiary alicyclic amines) is 1. The molecule has 0 aliphatic carbocycles. The molecule has 0 bridgehead atoms. The van der Waals surface area contributed by atoms with E-state index in [1.807, 2.05) is 24.3 Å². The van der Waals surface area contributed by atoms with Crippen LogP contribution in [0, 0.1) is 6.92 Å². The Hall–Kier alpha value is -2.03. The van der Waals surface area contributed by atoms with Gasteiger partial charge in [0.15, 0.2) is 5.82 Å². The van der Waals surface area contributed by atoms with Crippen molar-refractivity contribution in [3.63, 3.8) is 0 Å². The number of rotatable bonds is 8. The minimum absolute atomic E-state index is 0.0313. The van der Waals surface area contributed by atoms with Crippen LogP contribution in [0.2, 0.25) is 5.02 Å². The van der Waals surface area contributed by atoms with Crippen LogP contribution < -0.4 is 10.6 Å². The van der Waals surface area contributed by atoms with Crippen molar-refractivity contribution < 1.29 is 14.1 Å². The van der Waals surface area contributed by atoms with Crippen LogP contribution in [0.4, 0.5) is 5.82 Å². The second kappa shape index (κ2) is 10.7. The number of amides is 2. The van der Waals surface area contributed by atoms with Crippen LogP contribution in [0.1, 0.15) is 24.2 Å². The van der Waals surface area contributed by atoms with Gasteiger partial charge in [-0.15, -0.1) is 11.8 Å². The molecule has 1 aromatic carbocycles. The Morgan fingerprint density at radius 2 is 1.90 bits per heavy atom. The van der Waals surface area contributed by atoms with E-state index >= 15 is 0 Å². The molecule has 1 aliphatic heterocycles. The number of hydrogen-bond acceptors (Lipinski definition) is 6. The van der Waals surface area contributed by atoms with Gasteiger partial charge in [0.2, 0.25) is 11.8 Å². The number of halogens is 1. The van der Waals surface area contributed by atoms with Crippen molar-refractivity contribution in [2.24, 2.45) is 0 Å². The molecule has 2 aromatic rings. The highest BCUT2D eigenvalue weighted by atomic mass is 35.5. The first-order valence-electron chi connectivity index (χ1n) is 9.55. The van der Waals surface area contributed by atoms with E-state index in [4.69, 9.17) is 16.1 Å². The summed E-state index contributed by atoms with van der Waals surface area (Å²) in [5.41, 5.74) is 1.24. The summed E-state index contributed by atoms with van der Waals surface area (Å²) in [5, 5.41) is 10.2. The highest BCUT2D eigenvalue weighted by Crippen LogP contribution is 2.16. The summed E-state index contributed by atoms with van der Waals surface area (Å²) in [6, 6.07) is 9.76. The van der Waals surface area contributed by atoms with Crippen molar-refractivity contribution in [2.45, 2.75) is 32.4 Å². The van der Waals surface area contributed by atoms with Crippen LogP contribution in [-0.4, -0.2) is 52.5 Å². The molecule has 1 aromatic heterocycles. The third kappa shape index (κ3) is 7.38. The van der Waals surface area contributed by atoms with Gasteiger partial charge < -0.3 is 15.2 Å². The second-order valence-corrected chi connectivity index (χ2v) is 8.53. The fourth-order valence-corrected chi connectivity index (χ4v) is 3.95. The lowest BCUT2D eigenvalue weighted by Crippen LogP contribution is -2.44. The average Bonchev–Trinajstić information content (AvgIpc) is 3.09. The molecule has 1 aliphatic rings. The molecule has 29 heavy (non-hydrogen) atoms. The van der Waals surface area contributed by atoms with E-state index in [9.17, 15) is 9.59 Å². The Balaban J connectivity index is 1.29. The van der Waals surface area contributed by atoms with Crippen LogP contribution in [0.5, 0.6) is 0 Å². The zero-order valence-electron chi connectivity index (χ0n) is 16.3. The van der Waals surface area contributed by atoms with E-state index < -0.39 is 0 Å². The number of benzene rings is 1. The second-order valence-electron chi connectivity index (χ2n) is 7.11. The first-order chi connectivity index (χ1) is 14.0. The van der Waals surface area contributed by atoms with Crippen molar-refractivity contribution in [1.82, 2.24) is 15.4 Å².